The maximum Gasteiger partial charge on any atom is 0.270 e. The van der Waals surface area contributed by atoms with Gasteiger partial charge in [0.1, 0.15) is 5.69 Å². The smallest absolute Gasteiger partial charge is 0.270 e. The van der Waals surface area contributed by atoms with Gasteiger partial charge < -0.3 is 5.32 Å². The monoisotopic (exact) mass is 177 g/mol. The molecule has 1 amide bonds. The highest BCUT2D eigenvalue weighted by atomic mass is 16.2. The lowest BCUT2D eigenvalue weighted by Gasteiger charge is -2.19. The lowest BCUT2D eigenvalue weighted by molar-refractivity contribution is 0.0914. The van der Waals surface area contributed by atoms with E-state index in [0.717, 1.165) is 0 Å². The zero-order valence-corrected chi connectivity index (χ0v) is 8.09. The normalized spacial score (nSPS) is 11.0. The summed E-state index contributed by atoms with van der Waals surface area (Å²) >= 11 is 0. The van der Waals surface area contributed by atoms with Gasteiger partial charge in [-0.25, -0.2) is 4.98 Å². The van der Waals surface area contributed by atoms with E-state index in [1.165, 1.54) is 0 Å². The first-order valence-corrected chi connectivity index (χ1v) is 4.15. The highest BCUT2D eigenvalue weighted by Crippen LogP contribution is 2.01. The number of hydrogen-bond donors (Lipinski definition) is 1. The van der Waals surface area contributed by atoms with Crippen molar-refractivity contribution in [3.05, 3.63) is 30.1 Å². The zero-order valence-electron chi connectivity index (χ0n) is 8.09. The van der Waals surface area contributed by atoms with Gasteiger partial charge >= 0.3 is 0 Å². The van der Waals surface area contributed by atoms with Crippen LogP contribution in [0.15, 0.2) is 18.2 Å². The molecule has 3 heteroatoms. The highest BCUT2D eigenvalue weighted by Gasteiger charge is 2.15. The quantitative estimate of drug-likeness (QED) is 0.704. The topological polar surface area (TPSA) is 42.0 Å². The number of carbonyl (C=O) groups is 1. The summed E-state index contributed by atoms with van der Waals surface area (Å²) in [5.74, 6) is -0.163. The minimum Gasteiger partial charge on any atom is -0.346 e. The molecule has 1 heterocycles. The molecule has 0 saturated carbocycles. The molecule has 0 bridgehead atoms. The first-order valence-electron chi connectivity index (χ1n) is 4.15. The third kappa shape index (κ3) is 3.23. The Kier molecular flexibility index (Phi) is 2.66. The molecule has 0 aliphatic rings. The molecule has 0 aromatic carbocycles. The first-order chi connectivity index (χ1) is 5.99. The molecule has 0 saturated heterocycles. The molecule has 1 N–H and O–H groups in total. The molecule has 1 aromatic heterocycles. The van der Waals surface area contributed by atoms with Crippen molar-refractivity contribution in [3.63, 3.8) is 0 Å². The summed E-state index contributed by atoms with van der Waals surface area (Å²) in [5, 5.41) is 2.81. The van der Waals surface area contributed by atoms with Crippen LogP contribution in [-0.4, -0.2) is 16.4 Å². The number of rotatable bonds is 1. The lowest BCUT2D eigenvalue weighted by atomic mass is 10.1. The van der Waals surface area contributed by atoms with E-state index in [-0.39, 0.29) is 11.4 Å². The van der Waals surface area contributed by atoms with Gasteiger partial charge in [0.25, 0.3) is 5.91 Å². The van der Waals surface area contributed by atoms with Crippen LogP contribution in [0.5, 0.6) is 0 Å². The van der Waals surface area contributed by atoms with E-state index in [1.54, 1.807) is 18.2 Å². The molecular weight excluding hydrogens is 164 g/mol. The van der Waals surface area contributed by atoms with Crippen LogP contribution >= 0.6 is 0 Å². The fourth-order valence-electron chi connectivity index (χ4n) is 0.857. The Morgan fingerprint density at radius 2 is 2.23 bits per heavy atom. The van der Waals surface area contributed by atoms with Gasteiger partial charge in [0.05, 0.1) is 6.20 Å². The van der Waals surface area contributed by atoms with Crippen LogP contribution in [-0.2, 0) is 0 Å². The molecule has 0 atom stereocenters. The summed E-state index contributed by atoms with van der Waals surface area (Å²) in [6.07, 6.45) is 2.62. The van der Waals surface area contributed by atoms with Gasteiger partial charge in [-0.3, -0.25) is 4.79 Å². The number of nitrogens with zero attached hydrogens (tertiary/aromatic N) is 1. The number of nitrogens with one attached hydrogen (secondary N) is 1. The predicted octanol–water partition coefficient (Wildman–Crippen LogP) is 1.41. The minimum atomic E-state index is -0.228. The van der Waals surface area contributed by atoms with E-state index in [9.17, 15) is 4.79 Å². The molecule has 0 aliphatic carbocycles. The van der Waals surface area contributed by atoms with Crippen molar-refractivity contribution in [3.8, 4) is 0 Å². The SMILES string of the molecule is CC(C)(C)NC(=O)c1ccc[c]n1. The van der Waals surface area contributed by atoms with Crippen molar-refractivity contribution in [1.29, 1.82) is 0 Å². The Hall–Kier alpha value is -1.38. The van der Waals surface area contributed by atoms with Crippen LogP contribution in [0.3, 0.4) is 0 Å². The summed E-state index contributed by atoms with van der Waals surface area (Å²) in [5.41, 5.74) is 0.173. The average molecular weight is 177 g/mol. The van der Waals surface area contributed by atoms with E-state index in [0.29, 0.717) is 5.69 Å². The number of carbonyl (C=O) groups excluding carboxylic acids is 1. The van der Waals surface area contributed by atoms with Crippen LogP contribution in [0.2, 0.25) is 0 Å². The van der Waals surface area contributed by atoms with Gasteiger partial charge in [-0.1, -0.05) is 6.07 Å². The summed E-state index contributed by atoms with van der Waals surface area (Å²) in [6, 6.07) is 5.07. The van der Waals surface area contributed by atoms with Crippen molar-refractivity contribution in [1.82, 2.24) is 10.3 Å². The zero-order chi connectivity index (χ0) is 9.90. The molecular formula is C10H13N2O. The van der Waals surface area contributed by atoms with Gasteiger partial charge in [-0.2, -0.15) is 0 Å². The Bertz CT molecular complexity index is 288. The second-order valence-corrected chi connectivity index (χ2v) is 3.86. The molecule has 0 fully saturated rings. The number of amides is 1. The van der Waals surface area contributed by atoms with Gasteiger partial charge in [0.15, 0.2) is 0 Å². The molecule has 69 valence electrons. The maximum atomic E-state index is 11.5. The highest BCUT2D eigenvalue weighted by molar-refractivity contribution is 5.92. The molecule has 0 aliphatic heterocycles. The van der Waals surface area contributed by atoms with Crippen molar-refractivity contribution >= 4 is 5.91 Å². The molecule has 0 unspecified atom stereocenters. The fraction of sp³-hybridized carbons (Fsp3) is 0.400. The van der Waals surface area contributed by atoms with Gasteiger partial charge in [0, 0.05) is 5.54 Å². The number of hydrogen-bond acceptors (Lipinski definition) is 2. The second-order valence-electron chi connectivity index (χ2n) is 3.86. The van der Waals surface area contributed by atoms with Crippen LogP contribution in [0.1, 0.15) is 31.3 Å². The first kappa shape index (κ1) is 9.71. The summed E-state index contributed by atoms with van der Waals surface area (Å²) in [4.78, 5) is 15.3. The third-order valence-electron chi connectivity index (χ3n) is 1.33. The summed E-state index contributed by atoms with van der Waals surface area (Å²) < 4.78 is 0. The molecule has 0 spiro atoms. The Labute approximate surface area is 78.2 Å². The van der Waals surface area contributed by atoms with E-state index >= 15 is 0 Å². The predicted molar refractivity (Wildman–Crippen MR) is 50.3 cm³/mol. The molecule has 1 aromatic rings. The van der Waals surface area contributed by atoms with Gasteiger partial charge in [0.2, 0.25) is 0 Å². The molecule has 3 nitrogen and oxygen atoms in total. The van der Waals surface area contributed by atoms with Gasteiger partial charge in [-0.15, -0.1) is 0 Å². The third-order valence-corrected chi connectivity index (χ3v) is 1.33. The van der Waals surface area contributed by atoms with E-state index in [2.05, 4.69) is 16.5 Å². The van der Waals surface area contributed by atoms with Crippen LogP contribution in [0.25, 0.3) is 0 Å². The minimum absolute atomic E-state index is 0.163. The van der Waals surface area contributed by atoms with Gasteiger partial charge in [-0.05, 0) is 32.9 Å². The standard InChI is InChI=1S/C10H13N2O/c1-10(2,3)12-9(13)8-6-4-5-7-11-8/h4-6H,1-3H3,(H,12,13). The average Bonchev–Trinajstić information content (AvgIpc) is 2.03. The van der Waals surface area contributed by atoms with Crippen molar-refractivity contribution in [2.24, 2.45) is 0 Å². The summed E-state index contributed by atoms with van der Waals surface area (Å²) in [7, 11) is 0. The molecule has 1 rings (SSSR count). The van der Waals surface area contributed by atoms with Crippen molar-refractivity contribution in [2.75, 3.05) is 0 Å². The Morgan fingerprint density at radius 1 is 1.54 bits per heavy atom. The van der Waals surface area contributed by atoms with E-state index in [1.807, 2.05) is 20.8 Å². The number of pyridine rings is 1. The van der Waals surface area contributed by atoms with Crippen molar-refractivity contribution < 1.29 is 4.79 Å². The molecule has 13 heavy (non-hydrogen) atoms. The Balaban J connectivity index is 2.71. The second kappa shape index (κ2) is 3.56. The summed E-state index contributed by atoms with van der Waals surface area (Å²) in [6.45, 7) is 5.78. The van der Waals surface area contributed by atoms with Crippen molar-refractivity contribution in [2.45, 2.75) is 26.3 Å². The lowest BCUT2D eigenvalue weighted by Crippen LogP contribution is -2.40. The van der Waals surface area contributed by atoms with Crippen LogP contribution in [0, 0.1) is 6.20 Å². The fourth-order valence-corrected chi connectivity index (χ4v) is 0.857. The van der Waals surface area contributed by atoms with Crippen LogP contribution in [0.4, 0.5) is 0 Å². The van der Waals surface area contributed by atoms with E-state index in [4.69, 9.17) is 0 Å². The number of aromatic nitrogens is 1. The largest absolute Gasteiger partial charge is 0.346 e. The van der Waals surface area contributed by atoms with Crippen LogP contribution < -0.4 is 5.32 Å². The molecule has 1 radical (unpaired) electrons. The Morgan fingerprint density at radius 3 is 2.69 bits per heavy atom. The maximum absolute atomic E-state index is 11.5. The van der Waals surface area contributed by atoms with E-state index < -0.39 is 0 Å².